The molecule has 0 saturated heterocycles. The Bertz CT molecular complexity index is 180. The lowest BCUT2D eigenvalue weighted by atomic mass is 10.4. The third-order valence-corrected chi connectivity index (χ3v) is 4.27. The van der Waals surface area contributed by atoms with Gasteiger partial charge in [-0.1, -0.05) is 6.92 Å². The van der Waals surface area contributed by atoms with Crippen molar-refractivity contribution in [3.8, 4) is 0 Å². The monoisotopic (exact) mass is 163 g/mol. The predicted molar refractivity (Wildman–Crippen MR) is 43.5 cm³/mol. The summed E-state index contributed by atoms with van der Waals surface area (Å²) in [6.45, 7) is 8.69. The first-order valence-electron chi connectivity index (χ1n) is 3.48. The highest BCUT2D eigenvalue weighted by atomic mass is 32.2. The van der Waals surface area contributed by atoms with Crippen molar-refractivity contribution in [3.63, 3.8) is 0 Å². The Morgan fingerprint density at radius 2 is 1.80 bits per heavy atom. The van der Waals surface area contributed by atoms with Crippen molar-refractivity contribution < 1.29 is 8.42 Å². The number of hydrogen-bond acceptors (Lipinski definition) is 2. The topological polar surface area (TPSA) is 34.1 Å². The summed E-state index contributed by atoms with van der Waals surface area (Å²) >= 11 is 0. The highest BCUT2D eigenvalue weighted by Crippen LogP contribution is 2.10. The molecule has 0 aromatic heterocycles. The van der Waals surface area contributed by atoms with Crippen molar-refractivity contribution in [1.29, 1.82) is 0 Å². The zero-order valence-corrected chi connectivity index (χ0v) is 7.61. The number of rotatable bonds is 3. The van der Waals surface area contributed by atoms with Crippen molar-refractivity contribution in [2.24, 2.45) is 0 Å². The Labute approximate surface area is 63.6 Å². The molecule has 0 fully saturated rings. The van der Waals surface area contributed by atoms with Crippen LogP contribution in [0.1, 0.15) is 27.2 Å². The Hall–Kier alpha value is -0.0500. The summed E-state index contributed by atoms with van der Waals surface area (Å²) in [5.74, 6) is 0. The van der Waals surface area contributed by atoms with Gasteiger partial charge in [0.15, 0.2) is 9.84 Å². The van der Waals surface area contributed by atoms with Crippen LogP contribution in [0.15, 0.2) is 0 Å². The van der Waals surface area contributed by atoms with E-state index in [1.54, 1.807) is 13.8 Å². The molecule has 0 amide bonds. The van der Waals surface area contributed by atoms with E-state index in [-0.39, 0.29) is 5.25 Å². The molecule has 3 heteroatoms. The minimum Gasteiger partial charge on any atom is -0.228 e. The smallest absolute Gasteiger partial charge is 0.155 e. The van der Waals surface area contributed by atoms with Crippen LogP contribution in [0, 0.1) is 6.92 Å². The van der Waals surface area contributed by atoms with Crippen molar-refractivity contribution in [1.82, 2.24) is 0 Å². The molecule has 61 valence electrons. The summed E-state index contributed by atoms with van der Waals surface area (Å²) in [4.78, 5) is 0. The van der Waals surface area contributed by atoms with Crippen LogP contribution in [-0.4, -0.2) is 18.9 Å². The molecule has 0 aromatic carbocycles. The van der Waals surface area contributed by atoms with Gasteiger partial charge >= 0.3 is 0 Å². The second-order valence-electron chi connectivity index (χ2n) is 2.62. The molecule has 0 aliphatic carbocycles. The fourth-order valence-corrected chi connectivity index (χ4v) is 1.89. The van der Waals surface area contributed by atoms with Gasteiger partial charge in [-0.15, -0.1) is 0 Å². The first-order chi connectivity index (χ1) is 4.42. The van der Waals surface area contributed by atoms with E-state index in [9.17, 15) is 8.42 Å². The molecule has 0 N–H and O–H groups in total. The molecular formula is C7H15O2S. The third kappa shape index (κ3) is 1.97. The number of hydrogen-bond donors (Lipinski definition) is 0. The molecule has 0 bridgehead atoms. The lowest BCUT2D eigenvalue weighted by Gasteiger charge is -2.12. The van der Waals surface area contributed by atoms with E-state index >= 15 is 0 Å². The average molecular weight is 163 g/mol. The molecular weight excluding hydrogens is 148 g/mol. The van der Waals surface area contributed by atoms with Gasteiger partial charge in [-0.2, -0.15) is 0 Å². The van der Waals surface area contributed by atoms with E-state index in [2.05, 4.69) is 6.92 Å². The van der Waals surface area contributed by atoms with Gasteiger partial charge in [-0.3, -0.25) is 0 Å². The molecule has 0 spiro atoms. The van der Waals surface area contributed by atoms with Crippen molar-refractivity contribution in [3.05, 3.63) is 6.92 Å². The van der Waals surface area contributed by atoms with Crippen molar-refractivity contribution in [2.75, 3.05) is 0 Å². The zero-order valence-electron chi connectivity index (χ0n) is 6.79. The summed E-state index contributed by atoms with van der Waals surface area (Å²) in [6.07, 6.45) is 0.669. The van der Waals surface area contributed by atoms with Crippen LogP contribution >= 0.6 is 0 Å². The first kappa shape index (κ1) is 9.95. The molecule has 2 unspecified atom stereocenters. The normalized spacial score (nSPS) is 15.7. The van der Waals surface area contributed by atoms with Crippen LogP contribution in [0.3, 0.4) is 0 Å². The Morgan fingerprint density at radius 1 is 1.40 bits per heavy atom. The quantitative estimate of drug-likeness (QED) is 0.630. The maximum atomic E-state index is 11.2. The number of sulfone groups is 1. The van der Waals surface area contributed by atoms with Gasteiger partial charge in [0.25, 0.3) is 0 Å². The predicted octanol–water partition coefficient (Wildman–Crippen LogP) is 1.42. The van der Waals surface area contributed by atoms with E-state index in [0.717, 1.165) is 0 Å². The summed E-state index contributed by atoms with van der Waals surface area (Å²) in [5.41, 5.74) is 0. The summed E-state index contributed by atoms with van der Waals surface area (Å²) in [5, 5.41) is -0.734. The fraction of sp³-hybridized carbons (Fsp3) is 0.857. The Morgan fingerprint density at radius 3 is 1.90 bits per heavy atom. The molecule has 1 radical (unpaired) electrons. The summed E-state index contributed by atoms with van der Waals surface area (Å²) < 4.78 is 22.4. The molecule has 2 nitrogen and oxygen atoms in total. The summed E-state index contributed by atoms with van der Waals surface area (Å²) in [7, 11) is -2.94. The minimum absolute atomic E-state index is 0.250. The van der Waals surface area contributed by atoms with E-state index in [1.165, 1.54) is 0 Å². The van der Waals surface area contributed by atoms with Crippen LogP contribution in [0.5, 0.6) is 0 Å². The van der Waals surface area contributed by atoms with E-state index in [1.807, 2.05) is 6.92 Å². The van der Waals surface area contributed by atoms with Gasteiger partial charge in [0.05, 0.1) is 10.5 Å². The van der Waals surface area contributed by atoms with Gasteiger partial charge in [0.1, 0.15) is 0 Å². The van der Waals surface area contributed by atoms with E-state index in [4.69, 9.17) is 0 Å². The van der Waals surface area contributed by atoms with Crippen molar-refractivity contribution >= 4 is 9.84 Å². The van der Waals surface area contributed by atoms with Crippen LogP contribution in [0.4, 0.5) is 0 Å². The van der Waals surface area contributed by atoms with E-state index < -0.39 is 15.1 Å². The van der Waals surface area contributed by atoms with Gasteiger partial charge in [-0.25, -0.2) is 8.42 Å². The lowest BCUT2D eigenvalue weighted by Crippen LogP contribution is -2.25. The van der Waals surface area contributed by atoms with Crippen LogP contribution in [0.2, 0.25) is 0 Å². The zero-order chi connectivity index (χ0) is 8.36. The van der Waals surface area contributed by atoms with Crippen LogP contribution < -0.4 is 0 Å². The molecule has 0 rings (SSSR count). The largest absolute Gasteiger partial charge is 0.228 e. The van der Waals surface area contributed by atoms with Crippen LogP contribution in [-0.2, 0) is 9.84 Å². The van der Waals surface area contributed by atoms with Gasteiger partial charge in [-0.05, 0) is 27.2 Å². The maximum absolute atomic E-state index is 11.2. The maximum Gasteiger partial charge on any atom is 0.155 e. The average Bonchev–Trinajstić information content (AvgIpc) is 1.86. The molecule has 2 atom stereocenters. The molecule has 0 aromatic rings. The standard InChI is InChI=1S/C7H15O2S/c1-5-7(4)10(8,9)6(2)3/h6-7H,2,5H2,1,3-4H3. The fourth-order valence-electron chi connectivity index (χ4n) is 0.629. The van der Waals surface area contributed by atoms with Gasteiger partial charge < -0.3 is 0 Å². The first-order valence-corrected chi connectivity index (χ1v) is 5.09. The van der Waals surface area contributed by atoms with Gasteiger partial charge in [0.2, 0.25) is 0 Å². The van der Waals surface area contributed by atoms with Gasteiger partial charge in [0, 0.05) is 0 Å². The highest BCUT2D eigenvalue weighted by molar-refractivity contribution is 7.92. The SMILES string of the molecule is [CH2]C(C)S(=O)(=O)C(C)CC. The Kier molecular flexibility index (Phi) is 3.36. The van der Waals surface area contributed by atoms with E-state index in [0.29, 0.717) is 6.42 Å². The molecule has 10 heavy (non-hydrogen) atoms. The summed E-state index contributed by atoms with van der Waals surface area (Å²) in [6, 6.07) is 0. The molecule has 0 aliphatic rings. The molecule has 0 aliphatic heterocycles. The third-order valence-electron chi connectivity index (χ3n) is 1.70. The molecule has 0 heterocycles. The van der Waals surface area contributed by atoms with Crippen LogP contribution in [0.25, 0.3) is 0 Å². The second-order valence-corrected chi connectivity index (χ2v) is 5.41. The van der Waals surface area contributed by atoms with Crippen molar-refractivity contribution in [2.45, 2.75) is 37.7 Å². The Balaban J connectivity index is 4.42. The second kappa shape index (κ2) is 3.37. The molecule has 0 saturated carbocycles. The highest BCUT2D eigenvalue weighted by Gasteiger charge is 2.22. The minimum atomic E-state index is -2.94. The lowest BCUT2D eigenvalue weighted by molar-refractivity contribution is 0.575.